The molecular formula is C14H20. The summed E-state index contributed by atoms with van der Waals surface area (Å²) in [5, 5.41) is 0. The van der Waals surface area contributed by atoms with Gasteiger partial charge in [0.1, 0.15) is 0 Å². The molecule has 1 unspecified atom stereocenters. The molecule has 1 rings (SSSR count). The third-order valence-corrected chi connectivity index (χ3v) is 3.03. The maximum Gasteiger partial charge on any atom is -0.00787 e. The lowest BCUT2D eigenvalue weighted by molar-refractivity contribution is 0.363. The summed E-state index contributed by atoms with van der Waals surface area (Å²) in [6, 6.07) is 10.7. The highest BCUT2D eigenvalue weighted by molar-refractivity contribution is 5.23. The van der Waals surface area contributed by atoms with Gasteiger partial charge in [0.2, 0.25) is 0 Å². The minimum absolute atomic E-state index is 0.177. The van der Waals surface area contributed by atoms with E-state index >= 15 is 0 Å². The van der Waals surface area contributed by atoms with Gasteiger partial charge in [-0.2, -0.15) is 0 Å². The van der Waals surface area contributed by atoms with E-state index in [0.29, 0.717) is 5.92 Å². The van der Waals surface area contributed by atoms with Crippen LogP contribution in [0.4, 0.5) is 0 Å². The minimum Gasteiger partial charge on any atom is -0.103 e. The number of hydrogen-bond acceptors (Lipinski definition) is 0. The van der Waals surface area contributed by atoms with Crippen LogP contribution >= 0.6 is 0 Å². The molecule has 0 spiro atoms. The number of hydrogen-bond donors (Lipinski definition) is 0. The van der Waals surface area contributed by atoms with Crippen molar-refractivity contribution < 1.29 is 0 Å². The average Bonchev–Trinajstić information content (AvgIpc) is 2.20. The summed E-state index contributed by atoms with van der Waals surface area (Å²) in [6.07, 6.45) is 3.22. The summed E-state index contributed by atoms with van der Waals surface area (Å²) in [6.45, 7) is 10.7. The van der Waals surface area contributed by atoms with E-state index in [0.717, 1.165) is 6.42 Å². The average molecular weight is 188 g/mol. The summed E-state index contributed by atoms with van der Waals surface area (Å²) in [7, 11) is 0. The first-order valence-electron chi connectivity index (χ1n) is 5.30. The van der Waals surface area contributed by atoms with Crippen LogP contribution in [-0.4, -0.2) is 0 Å². The van der Waals surface area contributed by atoms with E-state index in [1.54, 1.807) is 0 Å². The van der Waals surface area contributed by atoms with Crippen molar-refractivity contribution in [2.75, 3.05) is 0 Å². The number of benzene rings is 1. The molecule has 1 aromatic rings. The molecule has 0 heteroatoms. The Bertz CT molecular complexity index is 282. The Labute approximate surface area is 87.7 Å². The molecule has 0 radical (unpaired) electrons. The van der Waals surface area contributed by atoms with E-state index in [2.05, 4.69) is 63.8 Å². The second-order valence-electron chi connectivity index (χ2n) is 4.40. The maximum atomic E-state index is 3.93. The minimum atomic E-state index is 0.177. The molecule has 76 valence electrons. The lowest BCUT2D eigenvalue weighted by Gasteiger charge is -2.31. The van der Waals surface area contributed by atoms with Gasteiger partial charge in [0.15, 0.2) is 0 Å². The van der Waals surface area contributed by atoms with Gasteiger partial charge >= 0.3 is 0 Å². The fraction of sp³-hybridized carbons (Fsp3) is 0.429. The molecular weight excluding hydrogens is 168 g/mol. The van der Waals surface area contributed by atoms with Crippen LogP contribution in [0.25, 0.3) is 0 Å². The molecule has 0 aliphatic rings. The van der Waals surface area contributed by atoms with Crippen molar-refractivity contribution in [3.8, 4) is 0 Å². The van der Waals surface area contributed by atoms with Crippen LogP contribution in [-0.2, 0) is 0 Å². The lowest BCUT2D eigenvalue weighted by Crippen LogP contribution is -2.18. The molecule has 0 bridgehead atoms. The van der Waals surface area contributed by atoms with Gasteiger partial charge in [0.25, 0.3) is 0 Å². The molecule has 0 heterocycles. The van der Waals surface area contributed by atoms with E-state index in [1.807, 2.05) is 0 Å². The number of allylic oxidation sites excluding steroid dienone is 1. The van der Waals surface area contributed by atoms with Gasteiger partial charge in [-0.1, -0.05) is 57.2 Å². The predicted molar refractivity (Wildman–Crippen MR) is 63.5 cm³/mol. The van der Waals surface area contributed by atoms with Crippen molar-refractivity contribution >= 4 is 0 Å². The molecule has 0 aliphatic heterocycles. The first-order chi connectivity index (χ1) is 6.61. The Morgan fingerprint density at radius 1 is 1.29 bits per heavy atom. The van der Waals surface area contributed by atoms with Crippen LogP contribution in [0.1, 0.15) is 38.7 Å². The largest absolute Gasteiger partial charge is 0.103 e. The summed E-state index contributed by atoms with van der Waals surface area (Å²) < 4.78 is 0. The fourth-order valence-corrected chi connectivity index (χ4v) is 2.02. The maximum absolute atomic E-state index is 3.93. The predicted octanol–water partition coefficient (Wildman–Crippen LogP) is 4.39. The molecule has 14 heavy (non-hydrogen) atoms. The zero-order chi connectivity index (χ0) is 10.6. The molecule has 0 nitrogen and oxygen atoms in total. The van der Waals surface area contributed by atoms with Crippen LogP contribution in [0.15, 0.2) is 43.0 Å². The van der Waals surface area contributed by atoms with Crippen molar-refractivity contribution in [2.24, 2.45) is 5.41 Å². The first-order valence-corrected chi connectivity index (χ1v) is 5.30. The third-order valence-electron chi connectivity index (χ3n) is 3.03. The zero-order valence-electron chi connectivity index (χ0n) is 9.46. The van der Waals surface area contributed by atoms with E-state index in [-0.39, 0.29) is 5.41 Å². The highest BCUT2D eigenvalue weighted by Gasteiger charge is 2.25. The third kappa shape index (κ3) is 2.25. The summed E-state index contributed by atoms with van der Waals surface area (Å²) in [5.41, 5.74) is 1.59. The molecule has 0 saturated heterocycles. The first kappa shape index (κ1) is 11.0. The highest BCUT2D eigenvalue weighted by atomic mass is 14.3. The van der Waals surface area contributed by atoms with E-state index in [1.165, 1.54) is 5.56 Å². The fourth-order valence-electron chi connectivity index (χ4n) is 2.02. The molecule has 0 aliphatic carbocycles. The van der Waals surface area contributed by atoms with Gasteiger partial charge in [0.05, 0.1) is 0 Å². The molecule has 0 fully saturated rings. The van der Waals surface area contributed by atoms with E-state index in [4.69, 9.17) is 0 Å². The van der Waals surface area contributed by atoms with Gasteiger partial charge in [-0.3, -0.25) is 0 Å². The molecule has 0 saturated carbocycles. The van der Waals surface area contributed by atoms with Gasteiger partial charge < -0.3 is 0 Å². The SMILES string of the molecule is C=CC(C)(C)C(CC)c1ccccc1. The van der Waals surface area contributed by atoms with Crippen molar-refractivity contribution in [3.05, 3.63) is 48.6 Å². The normalized spacial score (nSPS) is 13.6. The molecule has 1 aromatic carbocycles. The zero-order valence-corrected chi connectivity index (χ0v) is 9.46. The number of rotatable bonds is 4. The molecule has 0 amide bonds. The smallest absolute Gasteiger partial charge is 0.00787 e. The Hall–Kier alpha value is -1.04. The van der Waals surface area contributed by atoms with Crippen LogP contribution in [0, 0.1) is 5.41 Å². The second kappa shape index (κ2) is 4.45. The van der Waals surface area contributed by atoms with Gasteiger partial charge in [-0.15, -0.1) is 6.58 Å². The van der Waals surface area contributed by atoms with Crippen molar-refractivity contribution in [1.29, 1.82) is 0 Å². The summed E-state index contributed by atoms with van der Waals surface area (Å²) in [4.78, 5) is 0. The van der Waals surface area contributed by atoms with Crippen LogP contribution in [0.3, 0.4) is 0 Å². The quantitative estimate of drug-likeness (QED) is 0.615. The highest BCUT2D eigenvalue weighted by Crippen LogP contribution is 2.38. The topological polar surface area (TPSA) is 0 Å². The van der Waals surface area contributed by atoms with Crippen LogP contribution in [0.5, 0.6) is 0 Å². The van der Waals surface area contributed by atoms with Crippen LogP contribution in [0.2, 0.25) is 0 Å². The molecule has 0 aromatic heterocycles. The Morgan fingerprint density at radius 3 is 2.29 bits per heavy atom. The van der Waals surface area contributed by atoms with Crippen molar-refractivity contribution in [1.82, 2.24) is 0 Å². The van der Waals surface area contributed by atoms with Gasteiger partial charge in [0, 0.05) is 0 Å². The van der Waals surface area contributed by atoms with Gasteiger partial charge in [-0.05, 0) is 23.3 Å². The Balaban J connectivity index is 2.99. The Morgan fingerprint density at radius 2 is 1.86 bits per heavy atom. The summed E-state index contributed by atoms with van der Waals surface area (Å²) in [5.74, 6) is 0.571. The standard InChI is InChI=1S/C14H20/c1-5-13(14(3,4)6-2)12-10-8-7-9-11-12/h6-11,13H,2,5H2,1,3-4H3. The molecule has 0 N–H and O–H groups in total. The molecule has 1 atom stereocenters. The van der Waals surface area contributed by atoms with Gasteiger partial charge in [-0.25, -0.2) is 0 Å². The van der Waals surface area contributed by atoms with E-state index < -0.39 is 0 Å². The second-order valence-corrected chi connectivity index (χ2v) is 4.40. The van der Waals surface area contributed by atoms with E-state index in [9.17, 15) is 0 Å². The van der Waals surface area contributed by atoms with Crippen molar-refractivity contribution in [2.45, 2.75) is 33.1 Å². The van der Waals surface area contributed by atoms with Crippen molar-refractivity contribution in [3.63, 3.8) is 0 Å². The van der Waals surface area contributed by atoms with Crippen LogP contribution < -0.4 is 0 Å². The lowest BCUT2D eigenvalue weighted by atomic mass is 9.74. The Kier molecular flexibility index (Phi) is 3.51. The monoisotopic (exact) mass is 188 g/mol. The summed E-state index contributed by atoms with van der Waals surface area (Å²) >= 11 is 0.